The van der Waals surface area contributed by atoms with Crippen molar-refractivity contribution in [2.45, 2.75) is 33.0 Å². The lowest BCUT2D eigenvalue weighted by molar-refractivity contribution is 0.0690. The van der Waals surface area contributed by atoms with Gasteiger partial charge in [-0.15, -0.1) is 0 Å². The molecule has 0 spiro atoms. The second-order valence-corrected chi connectivity index (χ2v) is 6.34. The maximum Gasteiger partial charge on any atom is 0.254 e. The molecule has 7 nitrogen and oxygen atoms in total. The molecule has 0 aliphatic heterocycles. The molecule has 0 fully saturated rings. The average Bonchev–Trinajstić information content (AvgIpc) is 3.24. The van der Waals surface area contributed by atoms with Crippen LogP contribution >= 0.6 is 0 Å². The summed E-state index contributed by atoms with van der Waals surface area (Å²) >= 11 is 0. The van der Waals surface area contributed by atoms with E-state index in [9.17, 15) is 4.79 Å². The van der Waals surface area contributed by atoms with E-state index in [1.807, 2.05) is 56.3 Å². The first kappa shape index (κ1) is 16.9. The largest absolute Gasteiger partial charge is 0.332 e. The zero-order valence-electron chi connectivity index (χ0n) is 14.7. The van der Waals surface area contributed by atoms with Gasteiger partial charge in [0.05, 0.1) is 12.7 Å². The van der Waals surface area contributed by atoms with Gasteiger partial charge in [-0.3, -0.25) is 9.48 Å². The fourth-order valence-corrected chi connectivity index (χ4v) is 2.66. The quantitative estimate of drug-likeness (QED) is 0.690. The molecule has 3 rings (SSSR count). The van der Waals surface area contributed by atoms with Gasteiger partial charge in [-0.25, -0.2) is 9.67 Å². The van der Waals surface area contributed by atoms with E-state index in [1.165, 1.54) is 6.33 Å². The molecule has 0 saturated heterocycles. The van der Waals surface area contributed by atoms with Gasteiger partial charge in [-0.05, 0) is 31.5 Å². The molecule has 25 heavy (non-hydrogen) atoms. The minimum Gasteiger partial charge on any atom is -0.332 e. The Kier molecular flexibility index (Phi) is 4.92. The van der Waals surface area contributed by atoms with Crippen molar-refractivity contribution in [3.8, 4) is 0 Å². The number of hydrogen-bond acceptors (Lipinski definition) is 4. The molecule has 130 valence electrons. The molecule has 0 saturated carbocycles. The standard InChI is InChI=1S/C18H22N6O/c1-14(2)24(11-16-8-20-22(3)9-16)18(25)17-6-4-15(5-7-17)10-23-13-19-12-21-23/h4-9,12-14H,10-11H2,1-3H3. The third-order valence-electron chi connectivity index (χ3n) is 4.01. The van der Waals surface area contributed by atoms with Crippen molar-refractivity contribution in [3.63, 3.8) is 0 Å². The predicted molar refractivity (Wildman–Crippen MR) is 93.8 cm³/mol. The number of nitrogens with zero attached hydrogens (tertiary/aromatic N) is 6. The molecular weight excluding hydrogens is 316 g/mol. The lowest BCUT2D eigenvalue weighted by Crippen LogP contribution is -2.36. The van der Waals surface area contributed by atoms with Crippen LogP contribution in [-0.2, 0) is 20.1 Å². The molecule has 0 bridgehead atoms. The van der Waals surface area contributed by atoms with E-state index in [1.54, 1.807) is 21.9 Å². The van der Waals surface area contributed by atoms with Gasteiger partial charge in [0.1, 0.15) is 12.7 Å². The van der Waals surface area contributed by atoms with Gasteiger partial charge in [0, 0.05) is 37.0 Å². The number of amides is 1. The minimum absolute atomic E-state index is 0.0196. The summed E-state index contributed by atoms with van der Waals surface area (Å²) in [5.74, 6) is 0.0196. The van der Waals surface area contributed by atoms with Crippen LogP contribution in [0, 0.1) is 0 Å². The van der Waals surface area contributed by atoms with E-state index in [0.717, 1.165) is 11.1 Å². The molecule has 0 unspecified atom stereocenters. The smallest absolute Gasteiger partial charge is 0.254 e. The number of hydrogen-bond donors (Lipinski definition) is 0. The summed E-state index contributed by atoms with van der Waals surface area (Å²) in [5.41, 5.74) is 2.78. The highest BCUT2D eigenvalue weighted by atomic mass is 16.2. The molecule has 0 N–H and O–H groups in total. The van der Waals surface area contributed by atoms with E-state index < -0.39 is 0 Å². The molecule has 1 amide bonds. The van der Waals surface area contributed by atoms with Crippen LogP contribution in [-0.4, -0.2) is 41.4 Å². The minimum atomic E-state index is 0.0196. The Morgan fingerprint density at radius 1 is 1.16 bits per heavy atom. The summed E-state index contributed by atoms with van der Waals surface area (Å²) in [5, 5.41) is 8.27. The van der Waals surface area contributed by atoms with Crippen LogP contribution in [0.2, 0.25) is 0 Å². The molecule has 0 radical (unpaired) electrons. The van der Waals surface area contributed by atoms with Crippen molar-refractivity contribution in [2.75, 3.05) is 0 Å². The topological polar surface area (TPSA) is 68.8 Å². The third kappa shape index (κ3) is 4.12. The Bertz CT molecular complexity index is 820. The summed E-state index contributed by atoms with van der Waals surface area (Å²) in [4.78, 5) is 18.7. The number of aryl methyl sites for hydroxylation is 1. The predicted octanol–water partition coefficient (Wildman–Crippen LogP) is 2.11. The summed E-state index contributed by atoms with van der Waals surface area (Å²) < 4.78 is 3.50. The van der Waals surface area contributed by atoms with E-state index in [2.05, 4.69) is 15.2 Å². The zero-order valence-corrected chi connectivity index (χ0v) is 14.7. The highest BCUT2D eigenvalue weighted by Gasteiger charge is 2.19. The van der Waals surface area contributed by atoms with Crippen LogP contribution in [0.3, 0.4) is 0 Å². The molecule has 0 aliphatic carbocycles. The monoisotopic (exact) mass is 338 g/mol. The number of rotatable bonds is 6. The maximum absolute atomic E-state index is 12.9. The number of benzene rings is 1. The molecule has 2 heterocycles. The molecule has 3 aromatic rings. The van der Waals surface area contributed by atoms with Crippen molar-refractivity contribution in [3.05, 3.63) is 66.0 Å². The third-order valence-corrected chi connectivity index (χ3v) is 4.01. The Morgan fingerprint density at radius 2 is 1.92 bits per heavy atom. The van der Waals surface area contributed by atoms with Gasteiger partial charge in [-0.2, -0.15) is 10.2 Å². The Hall–Kier alpha value is -2.96. The highest BCUT2D eigenvalue weighted by Crippen LogP contribution is 2.14. The second kappa shape index (κ2) is 7.29. The van der Waals surface area contributed by atoms with Gasteiger partial charge < -0.3 is 4.90 Å². The number of aromatic nitrogens is 5. The fraction of sp³-hybridized carbons (Fsp3) is 0.333. The van der Waals surface area contributed by atoms with E-state index in [-0.39, 0.29) is 11.9 Å². The molecule has 0 atom stereocenters. The lowest BCUT2D eigenvalue weighted by atomic mass is 10.1. The van der Waals surface area contributed by atoms with Crippen LogP contribution in [0.1, 0.15) is 35.3 Å². The van der Waals surface area contributed by atoms with Crippen molar-refractivity contribution in [1.29, 1.82) is 0 Å². The molecule has 0 aliphatic rings. The van der Waals surface area contributed by atoms with Crippen LogP contribution in [0.4, 0.5) is 0 Å². The maximum atomic E-state index is 12.9. The van der Waals surface area contributed by atoms with Gasteiger partial charge in [0.2, 0.25) is 0 Å². The SMILES string of the molecule is CC(C)N(Cc1cnn(C)c1)C(=O)c1ccc(Cn2cncn2)cc1. The van der Waals surface area contributed by atoms with Crippen molar-refractivity contribution >= 4 is 5.91 Å². The summed E-state index contributed by atoms with van der Waals surface area (Å²) in [6.07, 6.45) is 6.91. The van der Waals surface area contributed by atoms with Crippen LogP contribution in [0.15, 0.2) is 49.3 Å². The van der Waals surface area contributed by atoms with Crippen LogP contribution in [0.25, 0.3) is 0 Å². The molecule has 7 heteroatoms. The molecule has 1 aromatic carbocycles. The summed E-state index contributed by atoms with van der Waals surface area (Å²) in [6.45, 7) is 5.23. The summed E-state index contributed by atoms with van der Waals surface area (Å²) in [6, 6.07) is 7.75. The Morgan fingerprint density at radius 3 is 2.48 bits per heavy atom. The Labute approximate surface area is 146 Å². The molecule has 2 aromatic heterocycles. The van der Waals surface area contributed by atoms with Crippen LogP contribution in [0.5, 0.6) is 0 Å². The fourth-order valence-electron chi connectivity index (χ4n) is 2.66. The van der Waals surface area contributed by atoms with E-state index in [0.29, 0.717) is 18.7 Å². The first-order valence-corrected chi connectivity index (χ1v) is 8.23. The van der Waals surface area contributed by atoms with Gasteiger partial charge in [-0.1, -0.05) is 12.1 Å². The van der Waals surface area contributed by atoms with Gasteiger partial charge in [0.15, 0.2) is 0 Å². The first-order chi connectivity index (χ1) is 12.0. The van der Waals surface area contributed by atoms with Crippen molar-refractivity contribution in [2.24, 2.45) is 7.05 Å². The Balaban J connectivity index is 1.72. The normalized spacial score (nSPS) is 11.0. The zero-order chi connectivity index (χ0) is 17.8. The van der Waals surface area contributed by atoms with Crippen LogP contribution < -0.4 is 0 Å². The lowest BCUT2D eigenvalue weighted by Gasteiger charge is -2.26. The van der Waals surface area contributed by atoms with Gasteiger partial charge >= 0.3 is 0 Å². The van der Waals surface area contributed by atoms with Crippen molar-refractivity contribution in [1.82, 2.24) is 29.4 Å². The highest BCUT2D eigenvalue weighted by molar-refractivity contribution is 5.94. The molecular formula is C18H22N6O. The average molecular weight is 338 g/mol. The van der Waals surface area contributed by atoms with Crippen molar-refractivity contribution < 1.29 is 4.79 Å². The summed E-state index contributed by atoms with van der Waals surface area (Å²) in [7, 11) is 1.87. The number of carbonyl (C=O) groups excluding carboxylic acids is 1. The second-order valence-electron chi connectivity index (χ2n) is 6.34. The van der Waals surface area contributed by atoms with Gasteiger partial charge in [0.25, 0.3) is 5.91 Å². The number of carbonyl (C=O) groups is 1. The van der Waals surface area contributed by atoms with E-state index >= 15 is 0 Å². The first-order valence-electron chi connectivity index (χ1n) is 8.23. The van der Waals surface area contributed by atoms with E-state index in [4.69, 9.17) is 0 Å².